The van der Waals surface area contributed by atoms with Crippen molar-refractivity contribution < 1.29 is 14.3 Å². The van der Waals surface area contributed by atoms with Crippen molar-refractivity contribution in [1.82, 2.24) is 10.2 Å². The van der Waals surface area contributed by atoms with E-state index in [2.05, 4.69) is 39.5 Å². The van der Waals surface area contributed by atoms with E-state index in [4.69, 9.17) is 9.47 Å². The third-order valence-corrected chi connectivity index (χ3v) is 4.50. The summed E-state index contributed by atoms with van der Waals surface area (Å²) in [5, 5.41) is 3.40. The van der Waals surface area contributed by atoms with E-state index in [9.17, 15) is 4.79 Å². The smallest absolute Gasteiger partial charge is 0.310 e. The second-order valence-electron chi connectivity index (χ2n) is 6.39. The fourth-order valence-electron chi connectivity index (χ4n) is 3.11. The van der Waals surface area contributed by atoms with Gasteiger partial charge in [-0.15, -0.1) is 0 Å². The molecule has 6 nitrogen and oxygen atoms in total. The number of esters is 1. The molecule has 0 saturated carbocycles. The first-order valence-electron chi connectivity index (χ1n) is 9.45. The van der Waals surface area contributed by atoms with Gasteiger partial charge >= 0.3 is 5.97 Å². The molecule has 144 valence electrons. The Morgan fingerprint density at radius 1 is 1.23 bits per heavy atom. The van der Waals surface area contributed by atoms with Gasteiger partial charge in [0, 0.05) is 33.3 Å². The van der Waals surface area contributed by atoms with Gasteiger partial charge < -0.3 is 19.7 Å². The Balaban J connectivity index is 1.87. The van der Waals surface area contributed by atoms with Gasteiger partial charge in [0.1, 0.15) is 0 Å². The SMILES string of the molecule is CCOCc1ccc(CNC(=NC)N2CCCC(C(=O)OCC)C2)cc1. The molecule has 0 amide bonds. The number of nitrogens with zero attached hydrogens (tertiary/aromatic N) is 2. The topological polar surface area (TPSA) is 63.2 Å². The first-order valence-corrected chi connectivity index (χ1v) is 9.45. The number of ether oxygens (including phenoxy) is 2. The van der Waals surface area contributed by atoms with Crippen LogP contribution in [0.25, 0.3) is 0 Å². The summed E-state index contributed by atoms with van der Waals surface area (Å²) in [6.45, 7) is 7.91. The van der Waals surface area contributed by atoms with Crippen LogP contribution >= 0.6 is 0 Å². The number of likely N-dealkylation sites (tertiary alicyclic amines) is 1. The van der Waals surface area contributed by atoms with Gasteiger partial charge in [0.05, 0.1) is 19.1 Å². The van der Waals surface area contributed by atoms with E-state index in [0.717, 1.165) is 32.0 Å². The quantitative estimate of drug-likeness (QED) is 0.459. The molecule has 1 unspecified atom stereocenters. The number of carbonyl (C=O) groups is 1. The summed E-state index contributed by atoms with van der Waals surface area (Å²) in [6, 6.07) is 8.39. The second-order valence-corrected chi connectivity index (χ2v) is 6.39. The number of nitrogens with one attached hydrogen (secondary N) is 1. The van der Waals surface area contributed by atoms with Gasteiger partial charge in [0.2, 0.25) is 0 Å². The van der Waals surface area contributed by atoms with Crippen LogP contribution in [0, 0.1) is 5.92 Å². The molecule has 1 atom stereocenters. The van der Waals surface area contributed by atoms with E-state index < -0.39 is 0 Å². The minimum absolute atomic E-state index is 0.0694. The molecule has 1 aromatic rings. The third-order valence-electron chi connectivity index (χ3n) is 4.50. The summed E-state index contributed by atoms with van der Waals surface area (Å²) in [7, 11) is 1.78. The largest absolute Gasteiger partial charge is 0.466 e. The monoisotopic (exact) mass is 361 g/mol. The molecule has 1 aliphatic rings. The molecular formula is C20H31N3O3. The molecule has 1 saturated heterocycles. The maximum absolute atomic E-state index is 12.0. The number of benzene rings is 1. The van der Waals surface area contributed by atoms with Gasteiger partial charge in [-0.3, -0.25) is 9.79 Å². The van der Waals surface area contributed by atoms with E-state index in [1.165, 1.54) is 11.1 Å². The van der Waals surface area contributed by atoms with Crippen molar-refractivity contribution in [2.45, 2.75) is 39.8 Å². The average Bonchev–Trinajstić information content (AvgIpc) is 2.68. The highest BCUT2D eigenvalue weighted by atomic mass is 16.5. The van der Waals surface area contributed by atoms with Crippen molar-refractivity contribution >= 4 is 11.9 Å². The van der Waals surface area contributed by atoms with Crippen molar-refractivity contribution in [1.29, 1.82) is 0 Å². The lowest BCUT2D eigenvalue weighted by Crippen LogP contribution is -2.48. The number of hydrogen-bond acceptors (Lipinski definition) is 4. The van der Waals surface area contributed by atoms with Gasteiger partial charge in [0.15, 0.2) is 5.96 Å². The van der Waals surface area contributed by atoms with Gasteiger partial charge in [-0.2, -0.15) is 0 Å². The van der Waals surface area contributed by atoms with E-state index >= 15 is 0 Å². The van der Waals surface area contributed by atoms with Crippen LogP contribution in [0.3, 0.4) is 0 Å². The lowest BCUT2D eigenvalue weighted by molar-refractivity contribution is -0.149. The van der Waals surface area contributed by atoms with Crippen molar-refractivity contribution in [3.63, 3.8) is 0 Å². The first kappa shape index (κ1) is 20.2. The summed E-state index contributed by atoms with van der Waals surface area (Å²) in [5.74, 6) is 0.662. The molecule has 1 N–H and O–H groups in total. The Morgan fingerprint density at radius 2 is 1.96 bits per heavy atom. The number of carbonyl (C=O) groups excluding carboxylic acids is 1. The molecule has 1 fully saturated rings. The van der Waals surface area contributed by atoms with Crippen LogP contribution in [0.4, 0.5) is 0 Å². The standard InChI is InChI=1S/C20H31N3O3/c1-4-25-15-17-10-8-16(9-11-17)13-22-20(21-3)23-12-6-7-18(14-23)19(24)26-5-2/h8-11,18H,4-7,12-15H2,1-3H3,(H,21,22). The highest BCUT2D eigenvalue weighted by molar-refractivity contribution is 5.81. The van der Waals surface area contributed by atoms with Gasteiger partial charge in [-0.1, -0.05) is 24.3 Å². The molecule has 0 aliphatic carbocycles. The molecule has 1 aliphatic heterocycles. The Morgan fingerprint density at radius 3 is 2.62 bits per heavy atom. The Bertz CT molecular complexity index is 586. The zero-order valence-electron chi connectivity index (χ0n) is 16.2. The second kappa shape index (κ2) is 10.8. The fourth-order valence-corrected chi connectivity index (χ4v) is 3.11. The third kappa shape index (κ3) is 6.02. The zero-order valence-corrected chi connectivity index (χ0v) is 16.2. The lowest BCUT2D eigenvalue weighted by Gasteiger charge is -2.34. The van der Waals surface area contributed by atoms with Crippen LogP contribution in [0.2, 0.25) is 0 Å². The molecule has 0 aromatic heterocycles. The van der Waals surface area contributed by atoms with Gasteiger partial charge in [-0.25, -0.2) is 0 Å². The maximum atomic E-state index is 12.0. The van der Waals surface area contributed by atoms with Crippen molar-refractivity contribution in [2.24, 2.45) is 10.9 Å². The molecule has 0 bridgehead atoms. The lowest BCUT2D eigenvalue weighted by atomic mass is 9.98. The number of guanidine groups is 1. The number of rotatable bonds is 7. The van der Waals surface area contributed by atoms with E-state index in [1.807, 2.05) is 13.8 Å². The molecule has 6 heteroatoms. The Kier molecular flexibility index (Phi) is 8.41. The molecular weight excluding hydrogens is 330 g/mol. The predicted molar refractivity (Wildman–Crippen MR) is 103 cm³/mol. The summed E-state index contributed by atoms with van der Waals surface area (Å²) in [4.78, 5) is 18.6. The number of hydrogen-bond donors (Lipinski definition) is 1. The van der Waals surface area contributed by atoms with E-state index in [-0.39, 0.29) is 11.9 Å². The minimum atomic E-state index is -0.0995. The molecule has 26 heavy (non-hydrogen) atoms. The first-order chi connectivity index (χ1) is 12.7. The highest BCUT2D eigenvalue weighted by Gasteiger charge is 2.28. The average molecular weight is 361 g/mol. The Labute approximate surface area is 156 Å². The summed E-state index contributed by atoms with van der Waals surface area (Å²) >= 11 is 0. The van der Waals surface area contributed by atoms with Crippen LogP contribution in [0.5, 0.6) is 0 Å². The summed E-state index contributed by atoms with van der Waals surface area (Å²) in [6.07, 6.45) is 1.85. The number of aliphatic imine (C=N–C) groups is 1. The summed E-state index contributed by atoms with van der Waals surface area (Å²) < 4.78 is 10.6. The number of piperidine rings is 1. The molecule has 1 aromatic carbocycles. The van der Waals surface area contributed by atoms with E-state index in [0.29, 0.717) is 26.3 Å². The van der Waals surface area contributed by atoms with Crippen molar-refractivity contribution in [3.05, 3.63) is 35.4 Å². The van der Waals surface area contributed by atoms with Crippen LogP contribution in [0.15, 0.2) is 29.3 Å². The maximum Gasteiger partial charge on any atom is 0.310 e. The van der Waals surface area contributed by atoms with Crippen LogP contribution in [0.1, 0.15) is 37.8 Å². The van der Waals surface area contributed by atoms with Crippen LogP contribution in [-0.4, -0.2) is 50.2 Å². The normalized spacial score (nSPS) is 17.9. The van der Waals surface area contributed by atoms with Crippen LogP contribution in [-0.2, 0) is 27.4 Å². The predicted octanol–water partition coefficient (Wildman–Crippen LogP) is 2.57. The molecule has 0 spiro atoms. The van der Waals surface area contributed by atoms with Crippen molar-refractivity contribution in [3.8, 4) is 0 Å². The highest BCUT2D eigenvalue weighted by Crippen LogP contribution is 2.18. The molecule has 2 rings (SSSR count). The molecule has 0 radical (unpaired) electrons. The summed E-state index contributed by atoms with van der Waals surface area (Å²) in [5.41, 5.74) is 2.36. The molecule has 1 heterocycles. The minimum Gasteiger partial charge on any atom is -0.466 e. The fraction of sp³-hybridized carbons (Fsp3) is 0.600. The van der Waals surface area contributed by atoms with E-state index in [1.54, 1.807) is 7.05 Å². The van der Waals surface area contributed by atoms with Crippen LogP contribution < -0.4 is 5.32 Å². The van der Waals surface area contributed by atoms with Crippen molar-refractivity contribution in [2.75, 3.05) is 33.4 Å². The van der Waals surface area contributed by atoms with Gasteiger partial charge in [-0.05, 0) is 37.8 Å². The zero-order chi connectivity index (χ0) is 18.8. The van der Waals surface area contributed by atoms with Gasteiger partial charge in [0.25, 0.3) is 0 Å². The Hall–Kier alpha value is -2.08.